The summed E-state index contributed by atoms with van der Waals surface area (Å²) < 4.78 is 32.2. The van der Waals surface area contributed by atoms with Gasteiger partial charge in [0.2, 0.25) is 11.1 Å². The van der Waals surface area contributed by atoms with Gasteiger partial charge in [0.25, 0.3) is 5.91 Å². The molecule has 1 saturated heterocycles. The van der Waals surface area contributed by atoms with E-state index in [9.17, 15) is 19.2 Å². The number of nitrogens with one attached hydrogen (secondary N) is 1. The molecule has 3 aromatic heterocycles. The van der Waals surface area contributed by atoms with Crippen LogP contribution in [-0.2, 0) is 53.0 Å². The zero-order valence-electron chi connectivity index (χ0n) is 43.3. The number of carbonyl (C=O) groups excluding carboxylic acids is 4. The van der Waals surface area contributed by atoms with Crippen molar-refractivity contribution in [1.29, 1.82) is 0 Å². The zero-order valence-corrected chi connectivity index (χ0v) is 44.9. The Kier molecular flexibility index (Phi) is 20.6. The molecule has 0 radical (unpaired) electrons. The van der Waals surface area contributed by atoms with Crippen LogP contribution in [0.25, 0.3) is 22.0 Å². The van der Waals surface area contributed by atoms with E-state index in [2.05, 4.69) is 36.1 Å². The second-order valence-electron chi connectivity index (χ2n) is 19.1. The monoisotopic (exact) mass is 1070 g/mol. The van der Waals surface area contributed by atoms with E-state index in [-0.39, 0.29) is 42.4 Å². The third-order valence-electron chi connectivity index (χ3n) is 12.5. The minimum absolute atomic E-state index is 0.0384. The van der Waals surface area contributed by atoms with E-state index in [1.807, 2.05) is 77.7 Å². The lowest BCUT2D eigenvalue weighted by Gasteiger charge is -2.33. The number of carbonyl (C=O) groups is 4. The van der Waals surface area contributed by atoms with E-state index in [1.54, 1.807) is 62.3 Å². The number of halogens is 1. The number of hydrogen-bond acceptors (Lipinski definition) is 16. The predicted molar refractivity (Wildman–Crippen MR) is 281 cm³/mol. The average Bonchev–Trinajstić information content (AvgIpc) is 4.18. The second kappa shape index (κ2) is 27.4. The molecular weight excluding hydrogens is 1000 g/mol. The standard InChI is InChI=1S/C53H66ClN11O9S/c1-36(62(6)52(69)74-53(3,4)5)47(66)32-44(50(68)64-23-14-16-40(64)34-65-51(58-59-61-65)75-41-17-8-7-9-18-41)37(2)73-35-39-33-63(60-57-39)24-26-71-28-30-72-29-27-70-25-22-55-49(67)46-31-38-15-10-11-19-42(38)48(56-46)43-20-12-13-21-45(43)54/h7-13,15,17-21,31,33,36-37,40,44H,14,16,22-30,32,34-35H2,1-6H3,(H,55,67)/t36-,37?,40-,44-/m0/s1. The largest absolute Gasteiger partial charge is 0.444 e. The number of aromatic nitrogens is 8. The first kappa shape index (κ1) is 56.4. The van der Waals surface area contributed by atoms with Crippen LogP contribution in [0.5, 0.6) is 0 Å². The highest BCUT2D eigenvalue weighted by Crippen LogP contribution is 2.33. The van der Waals surface area contributed by atoms with Crippen LogP contribution in [0.15, 0.2) is 101 Å². The Morgan fingerprint density at radius 1 is 0.880 bits per heavy atom. The highest BCUT2D eigenvalue weighted by molar-refractivity contribution is 7.99. The molecule has 1 aliphatic rings. The van der Waals surface area contributed by atoms with Crippen LogP contribution >= 0.6 is 23.4 Å². The van der Waals surface area contributed by atoms with Crippen molar-refractivity contribution in [3.8, 4) is 11.3 Å². The van der Waals surface area contributed by atoms with Gasteiger partial charge in [-0.05, 0) is 99.3 Å². The van der Waals surface area contributed by atoms with Crippen LogP contribution in [0, 0.1) is 5.92 Å². The molecule has 22 heteroatoms. The molecule has 4 heterocycles. The number of amides is 3. The summed E-state index contributed by atoms with van der Waals surface area (Å²) in [6.07, 6.45) is 1.73. The molecule has 7 rings (SSSR count). The summed E-state index contributed by atoms with van der Waals surface area (Å²) in [7, 11) is 1.51. The minimum atomic E-state index is -0.875. The molecule has 3 aromatic carbocycles. The smallest absolute Gasteiger partial charge is 0.410 e. The molecule has 4 atom stereocenters. The molecule has 1 aliphatic heterocycles. The number of Topliss-reactive ketones (excluding diaryl/α,β-unsaturated/α-hetero) is 1. The van der Waals surface area contributed by atoms with Gasteiger partial charge in [-0.15, -0.1) is 10.2 Å². The van der Waals surface area contributed by atoms with Crippen molar-refractivity contribution in [2.75, 3.05) is 59.8 Å². The van der Waals surface area contributed by atoms with Gasteiger partial charge in [-0.3, -0.25) is 14.4 Å². The van der Waals surface area contributed by atoms with E-state index < -0.39 is 29.8 Å². The summed E-state index contributed by atoms with van der Waals surface area (Å²) in [5.41, 5.74) is 1.47. The molecule has 1 fully saturated rings. The summed E-state index contributed by atoms with van der Waals surface area (Å²) in [5, 5.41) is 26.7. The second-order valence-corrected chi connectivity index (χ2v) is 20.5. The number of tetrazole rings is 1. The van der Waals surface area contributed by atoms with Crippen LogP contribution < -0.4 is 5.32 Å². The van der Waals surface area contributed by atoms with Crippen molar-refractivity contribution < 1.29 is 42.9 Å². The number of rotatable bonds is 27. The molecule has 75 heavy (non-hydrogen) atoms. The van der Waals surface area contributed by atoms with E-state index in [0.29, 0.717) is 87.4 Å². The first-order valence-electron chi connectivity index (χ1n) is 25.1. The third kappa shape index (κ3) is 16.3. The Morgan fingerprint density at radius 2 is 1.59 bits per heavy atom. The summed E-state index contributed by atoms with van der Waals surface area (Å²) >= 11 is 7.93. The van der Waals surface area contributed by atoms with Crippen molar-refractivity contribution in [2.45, 2.75) is 107 Å². The van der Waals surface area contributed by atoms with Crippen molar-refractivity contribution in [3.63, 3.8) is 0 Å². The molecule has 1 N–H and O–H groups in total. The Morgan fingerprint density at radius 3 is 2.35 bits per heavy atom. The SMILES string of the molecule is CC(OCc1cn(CCOCCOCCOCCNC(=O)c2cc3ccccc3c(-c3ccccc3Cl)n2)nn1)[C@H](CC(=O)[C@H](C)N(C)C(=O)OC(C)(C)C)C(=O)N1CCC[C@H]1Cn1nnnc1Sc1ccccc1. The molecule has 3 amide bonds. The van der Waals surface area contributed by atoms with Gasteiger partial charge in [0.05, 0.1) is 95.3 Å². The number of likely N-dealkylation sites (N-methyl/N-ethyl adjacent to an activating group) is 1. The highest BCUT2D eigenvalue weighted by atomic mass is 35.5. The van der Waals surface area contributed by atoms with E-state index in [1.165, 1.54) is 23.7 Å². The van der Waals surface area contributed by atoms with Crippen LogP contribution in [0.1, 0.15) is 70.1 Å². The maximum Gasteiger partial charge on any atom is 0.410 e. The van der Waals surface area contributed by atoms with E-state index in [0.717, 1.165) is 34.1 Å². The van der Waals surface area contributed by atoms with Gasteiger partial charge in [0, 0.05) is 47.4 Å². The summed E-state index contributed by atoms with van der Waals surface area (Å²) in [6, 6.07) is 25.7. The van der Waals surface area contributed by atoms with Gasteiger partial charge in [-0.25, -0.2) is 19.1 Å². The van der Waals surface area contributed by atoms with Crippen LogP contribution in [-0.4, -0.2) is 157 Å². The quantitative estimate of drug-likeness (QED) is 0.0505. The van der Waals surface area contributed by atoms with Crippen molar-refractivity contribution in [1.82, 2.24) is 55.3 Å². The molecule has 0 bridgehead atoms. The Balaban J connectivity index is 0.828. The van der Waals surface area contributed by atoms with Crippen molar-refractivity contribution in [2.24, 2.45) is 5.92 Å². The Hall–Kier alpha value is -6.36. The summed E-state index contributed by atoms with van der Waals surface area (Å²) in [6.45, 7) is 12.4. The molecule has 0 saturated carbocycles. The summed E-state index contributed by atoms with van der Waals surface area (Å²) in [5.74, 6) is -1.72. The molecule has 0 spiro atoms. The first-order valence-corrected chi connectivity index (χ1v) is 26.3. The fraction of sp³-hybridized carbons (Fsp3) is 0.472. The number of benzene rings is 3. The van der Waals surface area contributed by atoms with E-state index in [4.69, 9.17) is 35.3 Å². The molecular formula is C53H66ClN11O9S. The van der Waals surface area contributed by atoms with Gasteiger partial charge < -0.3 is 38.8 Å². The molecule has 400 valence electrons. The summed E-state index contributed by atoms with van der Waals surface area (Å²) in [4.78, 5) is 63.3. The molecule has 6 aromatic rings. The number of ether oxygens (including phenoxy) is 5. The molecule has 20 nitrogen and oxygen atoms in total. The third-order valence-corrected chi connectivity index (χ3v) is 13.8. The first-order chi connectivity index (χ1) is 36.1. The molecule has 1 unspecified atom stereocenters. The topological polar surface area (TPSA) is 220 Å². The Bertz CT molecular complexity index is 2830. The normalized spacial score (nSPS) is 14.9. The zero-order chi connectivity index (χ0) is 53.3. The number of ketones is 1. The fourth-order valence-electron chi connectivity index (χ4n) is 8.30. The minimum Gasteiger partial charge on any atom is -0.444 e. The van der Waals surface area contributed by atoms with Crippen LogP contribution in [0.4, 0.5) is 4.79 Å². The van der Waals surface area contributed by atoms with Crippen molar-refractivity contribution >= 4 is 57.8 Å². The maximum atomic E-state index is 14.6. The maximum absolute atomic E-state index is 14.6. The predicted octanol–water partition coefficient (Wildman–Crippen LogP) is 7.19. The lowest BCUT2D eigenvalue weighted by molar-refractivity contribution is -0.145. The van der Waals surface area contributed by atoms with Gasteiger partial charge in [0.15, 0.2) is 5.78 Å². The van der Waals surface area contributed by atoms with Gasteiger partial charge >= 0.3 is 6.09 Å². The number of likely N-dealkylation sites (tertiary alicyclic amines) is 1. The lowest BCUT2D eigenvalue weighted by Crippen LogP contribution is -2.48. The Labute approximate surface area is 446 Å². The number of hydrogen-bond donors (Lipinski definition) is 1. The highest BCUT2D eigenvalue weighted by Gasteiger charge is 2.39. The number of fused-ring (bicyclic) bond motifs is 1. The van der Waals surface area contributed by atoms with Gasteiger partial charge in [0.1, 0.15) is 17.0 Å². The van der Waals surface area contributed by atoms with Crippen LogP contribution in [0.3, 0.4) is 0 Å². The van der Waals surface area contributed by atoms with Crippen molar-refractivity contribution in [3.05, 3.63) is 108 Å². The lowest BCUT2D eigenvalue weighted by atomic mass is 9.92. The van der Waals surface area contributed by atoms with Crippen LogP contribution in [0.2, 0.25) is 5.02 Å². The number of nitrogens with zero attached hydrogens (tertiary/aromatic N) is 10. The van der Waals surface area contributed by atoms with Gasteiger partial charge in [-0.2, -0.15) is 0 Å². The average molecular weight is 1070 g/mol. The van der Waals surface area contributed by atoms with E-state index >= 15 is 0 Å². The van der Waals surface area contributed by atoms with Gasteiger partial charge in [-0.1, -0.05) is 77.5 Å². The fourth-order valence-corrected chi connectivity index (χ4v) is 9.33. The molecule has 0 aliphatic carbocycles. The number of pyridine rings is 1.